The molecule has 0 saturated heterocycles. The predicted molar refractivity (Wildman–Crippen MR) is 134 cm³/mol. The van der Waals surface area contributed by atoms with Gasteiger partial charge in [0, 0.05) is 28.5 Å². The zero-order chi connectivity index (χ0) is 23.5. The first kappa shape index (κ1) is 25.2. The van der Waals surface area contributed by atoms with Crippen LogP contribution in [-0.4, -0.2) is 22.4 Å². The fourth-order valence-corrected chi connectivity index (χ4v) is 4.73. The monoisotopic (exact) mass is 511 g/mol. The highest BCUT2D eigenvalue weighted by Crippen LogP contribution is 2.56. The number of hydrogen-bond acceptors (Lipinski definition) is 2. The third kappa shape index (κ3) is 6.77. The molecule has 0 spiro atoms. The molecule has 0 aliphatic heterocycles. The van der Waals surface area contributed by atoms with Crippen LogP contribution in [0.2, 0.25) is 15.1 Å². The number of carbonyl (C=O) groups excluding carboxylic acids is 1. The first-order chi connectivity index (χ1) is 15.1. The van der Waals surface area contributed by atoms with Gasteiger partial charge in [0.1, 0.15) is 5.67 Å². The van der Waals surface area contributed by atoms with Crippen LogP contribution in [0.15, 0.2) is 71.2 Å². The Hall–Kier alpha value is -1.46. The second-order valence-electron chi connectivity index (χ2n) is 8.42. The van der Waals surface area contributed by atoms with Gasteiger partial charge in [-0.05, 0) is 84.8 Å². The highest BCUT2D eigenvalue weighted by molar-refractivity contribution is 7.97. The van der Waals surface area contributed by atoms with Crippen LogP contribution in [0.5, 0.6) is 0 Å². The molecule has 1 fully saturated rings. The molecule has 7 heteroatoms. The summed E-state index contributed by atoms with van der Waals surface area (Å²) in [5.74, 6) is -0.0870. The van der Waals surface area contributed by atoms with Crippen LogP contribution >= 0.6 is 46.8 Å². The van der Waals surface area contributed by atoms with Crippen molar-refractivity contribution in [2.75, 3.05) is 6.54 Å². The number of alkyl halides is 1. The number of halogens is 4. The van der Waals surface area contributed by atoms with Gasteiger partial charge in [0.25, 0.3) is 5.91 Å². The molecule has 0 heterocycles. The normalized spacial score (nSPS) is 20.8. The first-order valence-corrected chi connectivity index (χ1v) is 12.2. The van der Waals surface area contributed by atoms with Crippen LogP contribution in [-0.2, 0) is 4.79 Å². The van der Waals surface area contributed by atoms with Crippen LogP contribution < -0.4 is 0 Å². The molecule has 32 heavy (non-hydrogen) atoms. The fraction of sp³-hybridized carbons (Fsp3) is 0.320. The molecular formula is C25H25Cl3FNOS. The summed E-state index contributed by atoms with van der Waals surface area (Å²) in [5.41, 5.74) is 0.0781. The molecule has 1 aliphatic carbocycles. The van der Waals surface area contributed by atoms with E-state index in [1.165, 1.54) is 11.9 Å². The summed E-state index contributed by atoms with van der Waals surface area (Å²) in [5, 5.41) is 1.53. The largest absolute Gasteiger partial charge is 0.278 e. The lowest BCUT2D eigenvalue weighted by Crippen LogP contribution is -2.26. The second kappa shape index (κ2) is 10.6. The van der Waals surface area contributed by atoms with Gasteiger partial charge in [-0.25, -0.2) is 4.39 Å². The molecule has 1 saturated carbocycles. The van der Waals surface area contributed by atoms with Crippen molar-refractivity contribution in [3.63, 3.8) is 0 Å². The molecule has 2 aromatic rings. The van der Waals surface area contributed by atoms with Gasteiger partial charge in [0.15, 0.2) is 0 Å². The maximum absolute atomic E-state index is 15.1. The Morgan fingerprint density at radius 2 is 1.88 bits per heavy atom. The van der Waals surface area contributed by atoms with E-state index in [2.05, 4.69) is 13.8 Å². The highest BCUT2D eigenvalue weighted by atomic mass is 35.5. The fourth-order valence-electron chi connectivity index (χ4n) is 3.27. The second-order valence-corrected chi connectivity index (χ2v) is 10.8. The number of nitrogens with zero attached hydrogens (tertiary/aromatic N) is 1. The number of allylic oxidation sites excluding steroid dienone is 3. The maximum atomic E-state index is 15.1. The highest BCUT2D eigenvalue weighted by Gasteiger charge is 2.54. The molecule has 2 aromatic carbocycles. The van der Waals surface area contributed by atoms with Gasteiger partial charge in [0.2, 0.25) is 0 Å². The summed E-state index contributed by atoms with van der Waals surface area (Å²) in [6, 6.07) is 12.6. The summed E-state index contributed by atoms with van der Waals surface area (Å²) in [6.07, 6.45) is 5.14. The van der Waals surface area contributed by atoms with Crippen molar-refractivity contribution < 1.29 is 9.18 Å². The van der Waals surface area contributed by atoms with E-state index in [-0.39, 0.29) is 11.8 Å². The minimum atomic E-state index is -1.44. The van der Waals surface area contributed by atoms with Crippen LogP contribution in [0.25, 0.3) is 0 Å². The van der Waals surface area contributed by atoms with E-state index in [0.717, 1.165) is 10.5 Å². The lowest BCUT2D eigenvalue weighted by Gasteiger charge is -2.22. The van der Waals surface area contributed by atoms with Crippen molar-refractivity contribution in [3.05, 3.63) is 86.9 Å². The summed E-state index contributed by atoms with van der Waals surface area (Å²) in [6.45, 7) is 6.51. The summed E-state index contributed by atoms with van der Waals surface area (Å²) in [4.78, 5) is 13.8. The van der Waals surface area contributed by atoms with E-state index < -0.39 is 5.67 Å². The van der Waals surface area contributed by atoms with Gasteiger partial charge in [-0.1, -0.05) is 60.8 Å². The summed E-state index contributed by atoms with van der Waals surface area (Å²) in [7, 11) is 0. The molecule has 1 amide bonds. The maximum Gasteiger partial charge on any atom is 0.256 e. The third-order valence-corrected chi connectivity index (χ3v) is 7.09. The molecule has 0 aromatic heterocycles. The molecular weight excluding hydrogens is 488 g/mol. The Morgan fingerprint density at radius 1 is 1.19 bits per heavy atom. The molecule has 3 rings (SSSR count). The van der Waals surface area contributed by atoms with Gasteiger partial charge in [-0.3, -0.25) is 9.10 Å². The van der Waals surface area contributed by atoms with Crippen molar-refractivity contribution in [3.8, 4) is 0 Å². The van der Waals surface area contributed by atoms with E-state index in [9.17, 15) is 4.79 Å². The molecule has 0 N–H and O–H groups in total. The van der Waals surface area contributed by atoms with Gasteiger partial charge >= 0.3 is 0 Å². The zero-order valence-electron chi connectivity index (χ0n) is 18.1. The number of rotatable bonds is 8. The van der Waals surface area contributed by atoms with Crippen LogP contribution in [0, 0.1) is 5.92 Å². The standard InChI is InChI=1S/C25H25Cl3FNOS/c1-16(2)15-30(32-20-7-5-19(26)6-8-20)24(31)12-17(3)10-11-25(29)14-21(25)18-4-9-22(27)23(28)13-18/h4-13,16,21H,14-15H2,1-3H3/t21?,25-/m0/s1. The molecule has 2 nitrogen and oxygen atoms in total. The lowest BCUT2D eigenvalue weighted by molar-refractivity contribution is -0.121. The Kier molecular flexibility index (Phi) is 8.37. The minimum Gasteiger partial charge on any atom is -0.278 e. The Labute approximate surface area is 208 Å². The van der Waals surface area contributed by atoms with Gasteiger partial charge in [-0.2, -0.15) is 0 Å². The number of carbonyl (C=O) groups is 1. The van der Waals surface area contributed by atoms with Crippen LogP contribution in [0.3, 0.4) is 0 Å². The van der Waals surface area contributed by atoms with Crippen molar-refractivity contribution in [1.29, 1.82) is 0 Å². The number of amides is 1. The van der Waals surface area contributed by atoms with Crippen molar-refractivity contribution in [2.24, 2.45) is 5.92 Å². The summed E-state index contributed by atoms with van der Waals surface area (Å²) < 4.78 is 16.8. The average molecular weight is 513 g/mol. The van der Waals surface area contributed by atoms with Crippen molar-refractivity contribution in [2.45, 2.75) is 43.7 Å². The van der Waals surface area contributed by atoms with E-state index >= 15 is 4.39 Å². The molecule has 1 unspecified atom stereocenters. The van der Waals surface area contributed by atoms with Gasteiger partial charge in [-0.15, -0.1) is 0 Å². The molecule has 170 valence electrons. The molecule has 0 radical (unpaired) electrons. The Bertz CT molecular complexity index is 1040. The SMILES string of the molecule is CC(C=C[C@]1(F)CC1c1ccc(Cl)c(Cl)c1)=CC(=O)N(CC(C)C)Sc1ccc(Cl)cc1. The van der Waals surface area contributed by atoms with Crippen LogP contribution in [0.4, 0.5) is 4.39 Å². The first-order valence-electron chi connectivity index (χ1n) is 10.3. The molecule has 2 atom stereocenters. The van der Waals surface area contributed by atoms with E-state index in [1.54, 1.807) is 59.8 Å². The van der Waals surface area contributed by atoms with Crippen LogP contribution in [0.1, 0.15) is 38.7 Å². The van der Waals surface area contributed by atoms with E-state index in [4.69, 9.17) is 34.8 Å². The quantitative estimate of drug-likeness (QED) is 0.201. The summed E-state index contributed by atoms with van der Waals surface area (Å²) >= 11 is 19.3. The average Bonchev–Trinajstić information content (AvgIpc) is 3.41. The zero-order valence-corrected chi connectivity index (χ0v) is 21.2. The topological polar surface area (TPSA) is 20.3 Å². The minimum absolute atomic E-state index is 0.134. The predicted octanol–water partition coefficient (Wildman–Crippen LogP) is 8.54. The number of benzene rings is 2. The van der Waals surface area contributed by atoms with Gasteiger partial charge in [0.05, 0.1) is 10.0 Å². The molecule has 0 bridgehead atoms. The smallest absolute Gasteiger partial charge is 0.256 e. The molecule has 1 aliphatic rings. The van der Waals surface area contributed by atoms with Crippen molar-refractivity contribution in [1.82, 2.24) is 4.31 Å². The van der Waals surface area contributed by atoms with Gasteiger partial charge < -0.3 is 0 Å². The van der Waals surface area contributed by atoms with E-state index in [0.29, 0.717) is 39.5 Å². The third-order valence-electron chi connectivity index (χ3n) is 5.06. The Balaban J connectivity index is 1.67. The van der Waals surface area contributed by atoms with Crippen molar-refractivity contribution >= 4 is 52.7 Å². The number of hydrogen-bond donors (Lipinski definition) is 0. The van der Waals surface area contributed by atoms with E-state index in [1.807, 2.05) is 12.1 Å². The Morgan fingerprint density at radius 3 is 2.50 bits per heavy atom. The lowest BCUT2D eigenvalue weighted by atomic mass is 10.1.